The van der Waals surface area contributed by atoms with Gasteiger partial charge >= 0.3 is 0 Å². The van der Waals surface area contributed by atoms with E-state index in [2.05, 4.69) is 12.2 Å². The van der Waals surface area contributed by atoms with Gasteiger partial charge in [-0.3, -0.25) is 0 Å². The Morgan fingerprint density at radius 2 is 2.06 bits per heavy atom. The predicted octanol–water partition coefficient (Wildman–Crippen LogP) is 3.23. The minimum Gasteiger partial charge on any atom is -0.494 e. The van der Waals surface area contributed by atoms with Crippen LogP contribution in [-0.2, 0) is 0 Å². The zero-order chi connectivity index (χ0) is 11.9. The summed E-state index contributed by atoms with van der Waals surface area (Å²) < 4.78 is 5.65. The topological polar surface area (TPSA) is 21.3 Å². The Kier molecular flexibility index (Phi) is 4.87. The summed E-state index contributed by atoms with van der Waals surface area (Å²) in [4.78, 5) is 0. The first-order valence-corrected chi connectivity index (χ1v) is 6.76. The van der Waals surface area contributed by atoms with Gasteiger partial charge in [0.25, 0.3) is 0 Å². The van der Waals surface area contributed by atoms with E-state index in [1.165, 1.54) is 19.3 Å². The van der Waals surface area contributed by atoms with Crippen LogP contribution in [-0.4, -0.2) is 19.2 Å². The molecular formula is C15H23NO. The van der Waals surface area contributed by atoms with Crippen molar-refractivity contribution in [3.63, 3.8) is 0 Å². The third-order valence-electron chi connectivity index (χ3n) is 3.46. The molecule has 2 rings (SSSR count). The average Bonchev–Trinajstić information content (AvgIpc) is 2.76. The largest absolute Gasteiger partial charge is 0.494 e. The molecule has 17 heavy (non-hydrogen) atoms. The van der Waals surface area contributed by atoms with Crippen molar-refractivity contribution in [2.75, 3.05) is 13.2 Å². The summed E-state index contributed by atoms with van der Waals surface area (Å²) in [5, 5.41) is 3.62. The molecule has 1 N–H and O–H groups in total. The molecule has 1 aromatic carbocycles. The molecule has 2 nitrogen and oxygen atoms in total. The van der Waals surface area contributed by atoms with Crippen LogP contribution in [0.4, 0.5) is 0 Å². The Morgan fingerprint density at radius 1 is 1.24 bits per heavy atom. The highest BCUT2D eigenvalue weighted by atomic mass is 16.5. The van der Waals surface area contributed by atoms with Crippen LogP contribution in [0.1, 0.15) is 32.6 Å². The van der Waals surface area contributed by atoms with E-state index >= 15 is 0 Å². The van der Waals surface area contributed by atoms with Crippen LogP contribution in [0.25, 0.3) is 0 Å². The minimum atomic E-state index is 0.752. The van der Waals surface area contributed by atoms with Crippen LogP contribution in [0, 0.1) is 5.92 Å². The van der Waals surface area contributed by atoms with E-state index in [4.69, 9.17) is 4.74 Å². The van der Waals surface area contributed by atoms with Gasteiger partial charge in [0, 0.05) is 6.04 Å². The van der Waals surface area contributed by atoms with E-state index in [0.29, 0.717) is 0 Å². The van der Waals surface area contributed by atoms with Crippen LogP contribution in [0.2, 0.25) is 0 Å². The number of nitrogens with one attached hydrogen (secondary N) is 1. The van der Waals surface area contributed by atoms with E-state index in [9.17, 15) is 0 Å². The molecule has 0 aliphatic heterocycles. The van der Waals surface area contributed by atoms with Gasteiger partial charge < -0.3 is 10.1 Å². The van der Waals surface area contributed by atoms with Crippen LogP contribution >= 0.6 is 0 Å². The second-order valence-electron chi connectivity index (χ2n) is 5.08. The summed E-state index contributed by atoms with van der Waals surface area (Å²) in [6.45, 7) is 4.23. The summed E-state index contributed by atoms with van der Waals surface area (Å²) >= 11 is 0. The van der Waals surface area contributed by atoms with Crippen LogP contribution in [0.15, 0.2) is 30.3 Å². The van der Waals surface area contributed by atoms with E-state index in [0.717, 1.165) is 37.3 Å². The number of benzene rings is 1. The van der Waals surface area contributed by atoms with Gasteiger partial charge in [0.15, 0.2) is 0 Å². The van der Waals surface area contributed by atoms with Gasteiger partial charge in [-0.15, -0.1) is 0 Å². The Bertz CT molecular complexity index is 312. The van der Waals surface area contributed by atoms with Crippen molar-refractivity contribution in [1.82, 2.24) is 5.32 Å². The Morgan fingerprint density at radius 3 is 2.76 bits per heavy atom. The molecule has 0 radical (unpaired) electrons. The molecule has 2 heteroatoms. The summed E-state index contributed by atoms with van der Waals surface area (Å²) in [7, 11) is 0. The highest BCUT2D eigenvalue weighted by Gasteiger charge is 2.19. The minimum absolute atomic E-state index is 0.752. The predicted molar refractivity (Wildman–Crippen MR) is 71.4 cm³/mol. The molecule has 1 saturated carbocycles. The highest BCUT2D eigenvalue weighted by molar-refractivity contribution is 5.20. The fourth-order valence-corrected chi connectivity index (χ4v) is 2.48. The van der Waals surface area contributed by atoms with Crippen molar-refractivity contribution < 1.29 is 4.74 Å². The lowest BCUT2D eigenvalue weighted by Crippen LogP contribution is -2.28. The van der Waals surface area contributed by atoms with Gasteiger partial charge in [0.2, 0.25) is 0 Å². The smallest absolute Gasteiger partial charge is 0.119 e. The zero-order valence-corrected chi connectivity index (χ0v) is 10.7. The van der Waals surface area contributed by atoms with Gasteiger partial charge in [0.1, 0.15) is 5.75 Å². The van der Waals surface area contributed by atoms with Gasteiger partial charge in [-0.05, 0) is 50.3 Å². The van der Waals surface area contributed by atoms with Crippen molar-refractivity contribution in [2.45, 2.75) is 38.6 Å². The molecule has 0 amide bonds. The average molecular weight is 233 g/mol. The maximum atomic E-state index is 5.65. The fraction of sp³-hybridized carbons (Fsp3) is 0.600. The van der Waals surface area contributed by atoms with Gasteiger partial charge in [-0.2, -0.15) is 0 Å². The van der Waals surface area contributed by atoms with Crippen LogP contribution in [0.5, 0.6) is 5.75 Å². The monoisotopic (exact) mass is 233 g/mol. The van der Waals surface area contributed by atoms with Gasteiger partial charge in [0.05, 0.1) is 6.61 Å². The van der Waals surface area contributed by atoms with Crippen molar-refractivity contribution in [3.05, 3.63) is 30.3 Å². The summed E-state index contributed by atoms with van der Waals surface area (Å²) in [6.07, 6.45) is 5.16. The Labute approximate surface area is 104 Å². The standard InChI is InChI=1S/C15H23NO/c1-13-8-9-14(12-13)16-10-5-11-17-15-6-3-2-4-7-15/h2-4,6-7,13-14,16H,5,8-12H2,1H3. The molecule has 0 heterocycles. The van der Waals surface area contributed by atoms with E-state index in [1.54, 1.807) is 0 Å². The van der Waals surface area contributed by atoms with E-state index in [1.807, 2.05) is 30.3 Å². The maximum Gasteiger partial charge on any atom is 0.119 e. The first-order valence-electron chi connectivity index (χ1n) is 6.76. The lowest BCUT2D eigenvalue weighted by molar-refractivity contribution is 0.304. The van der Waals surface area contributed by atoms with Crippen LogP contribution < -0.4 is 10.1 Å². The number of hydrogen-bond donors (Lipinski definition) is 1. The van der Waals surface area contributed by atoms with Crippen LogP contribution in [0.3, 0.4) is 0 Å². The lowest BCUT2D eigenvalue weighted by atomic mass is 10.1. The molecule has 94 valence electrons. The first-order chi connectivity index (χ1) is 8.34. The van der Waals surface area contributed by atoms with Gasteiger partial charge in [-0.1, -0.05) is 25.1 Å². The number of rotatable bonds is 6. The quantitative estimate of drug-likeness (QED) is 0.762. The molecule has 0 aromatic heterocycles. The molecule has 0 saturated heterocycles. The van der Waals surface area contributed by atoms with E-state index in [-0.39, 0.29) is 0 Å². The molecule has 2 atom stereocenters. The molecule has 1 aromatic rings. The second-order valence-corrected chi connectivity index (χ2v) is 5.08. The normalized spacial score (nSPS) is 23.8. The van der Waals surface area contributed by atoms with Gasteiger partial charge in [-0.25, -0.2) is 0 Å². The van der Waals surface area contributed by atoms with Crippen molar-refractivity contribution in [2.24, 2.45) is 5.92 Å². The van der Waals surface area contributed by atoms with E-state index < -0.39 is 0 Å². The number of ether oxygens (including phenoxy) is 1. The third kappa shape index (κ3) is 4.39. The molecule has 1 aliphatic carbocycles. The molecular weight excluding hydrogens is 210 g/mol. The third-order valence-corrected chi connectivity index (χ3v) is 3.46. The molecule has 0 spiro atoms. The number of hydrogen-bond acceptors (Lipinski definition) is 2. The molecule has 2 unspecified atom stereocenters. The fourth-order valence-electron chi connectivity index (χ4n) is 2.48. The van der Waals surface area contributed by atoms with Crippen molar-refractivity contribution >= 4 is 0 Å². The SMILES string of the molecule is CC1CCC(NCCCOc2ccccc2)C1. The highest BCUT2D eigenvalue weighted by Crippen LogP contribution is 2.24. The first kappa shape index (κ1) is 12.4. The number of para-hydroxylation sites is 1. The molecule has 0 bridgehead atoms. The Balaban J connectivity index is 1.52. The molecule has 1 aliphatic rings. The lowest BCUT2D eigenvalue weighted by Gasteiger charge is -2.12. The second kappa shape index (κ2) is 6.65. The maximum absolute atomic E-state index is 5.65. The summed E-state index contributed by atoms with van der Waals surface area (Å²) in [6, 6.07) is 10.8. The van der Waals surface area contributed by atoms with Crippen molar-refractivity contribution in [1.29, 1.82) is 0 Å². The summed E-state index contributed by atoms with van der Waals surface area (Å²) in [5.74, 6) is 1.88. The Hall–Kier alpha value is -1.02. The summed E-state index contributed by atoms with van der Waals surface area (Å²) in [5.41, 5.74) is 0. The van der Waals surface area contributed by atoms with Crippen molar-refractivity contribution in [3.8, 4) is 5.75 Å². The molecule has 1 fully saturated rings. The zero-order valence-electron chi connectivity index (χ0n) is 10.7.